The average molecular weight is 444 g/mol. The molecule has 3 aromatic rings. The maximum Gasteiger partial charge on any atom is 0.573 e. The first kappa shape index (κ1) is 21.4. The number of amides is 2. The molecule has 1 atom stereocenters. The molecule has 1 aromatic heterocycles. The molecule has 0 radical (unpaired) electrons. The fourth-order valence-corrected chi connectivity index (χ4v) is 3.62. The van der Waals surface area contributed by atoms with Crippen LogP contribution in [0.25, 0.3) is 5.69 Å². The normalized spacial score (nSPS) is 16.3. The molecule has 0 aliphatic carbocycles. The number of rotatable bonds is 5. The molecule has 1 aliphatic rings. The number of para-hydroxylation sites is 1. The molecule has 7 nitrogen and oxygen atoms in total. The molecule has 1 unspecified atom stereocenters. The van der Waals surface area contributed by atoms with Crippen molar-refractivity contribution in [3.63, 3.8) is 0 Å². The number of aromatic nitrogens is 2. The van der Waals surface area contributed by atoms with Crippen molar-refractivity contribution >= 4 is 17.5 Å². The third-order valence-electron chi connectivity index (χ3n) is 5.13. The van der Waals surface area contributed by atoms with Crippen molar-refractivity contribution in [3.05, 3.63) is 72.1 Å². The SMILES string of the molecule is Cc1c(C(=O)NC2CCN(c3cccc(OC(F)(F)F)c3)C2=O)cnn1-c1ccccc1. The van der Waals surface area contributed by atoms with E-state index in [-0.39, 0.29) is 12.2 Å². The van der Waals surface area contributed by atoms with Gasteiger partial charge in [0.1, 0.15) is 11.8 Å². The standard InChI is InChI=1S/C22H19F3N4O3/c1-14-18(13-26-29(14)15-6-3-2-4-7-15)20(30)27-19-10-11-28(21(19)31)16-8-5-9-17(12-16)32-22(23,24)25/h2-9,12-13,19H,10-11H2,1H3,(H,27,30). The minimum Gasteiger partial charge on any atom is -0.406 e. The van der Waals surface area contributed by atoms with Gasteiger partial charge in [-0.1, -0.05) is 24.3 Å². The van der Waals surface area contributed by atoms with Crippen LogP contribution in [-0.4, -0.2) is 40.5 Å². The predicted molar refractivity (Wildman–Crippen MR) is 110 cm³/mol. The molecule has 10 heteroatoms. The summed E-state index contributed by atoms with van der Waals surface area (Å²) in [5.41, 5.74) is 2.02. The third-order valence-corrected chi connectivity index (χ3v) is 5.13. The first-order chi connectivity index (χ1) is 15.2. The number of halogens is 3. The highest BCUT2D eigenvalue weighted by molar-refractivity contribution is 6.04. The lowest BCUT2D eigenvalue weighted by Gasteiger charge is -2.18. The van der Waals surface area contributed by atoms with Crippen LogP contribution < -0.4 is 15.0 Å². The van der Waals surface area contributed by atoms with Crippen molar-refractivity contribution in [1.82, 2.24) is 15.1 Å². The maximum atomic E-state index is 12.8. The molecule has 2 aromatic carbocycles. The molecule has 32 heavy (non-hydrogen) atoms. The van der Waals surface area contributed by atoms with Crippen LogP contribution in [0.2, 0.25) is 0 Å². The second kappa shape index (κ2) is 8.37. The first-order valence-corrected chi connectivity index (χ1v) is 9.81. The Morgan fingerprint density at radius 1 is 1.12 bits per heavy atom. The number of anilines is 1. The van der Waals surface area contributed by atoms with Gasteiger partial charge in [0, 0.05) is 18.3 Å². The van der Waals surface area contributed by atoms with E-state index in [9.17, 15) is 22.8 Å². The summed E-state index contributed by atoms with van der Waals surface area (Å²) >= 11 is 0. The van der Waals surface area contributed by atoms with Gasteiger partial charge in [0.2, 0.25) is 5.91 Å². The van der Waals surface area contributed by atoms with Crippen molar-refractivity contribution in [2.75, 3.05) is 11.4 Å². The van der Waals surface area contributed by atoms with E-state index in [1.165, 1.54) is 23.2 Å². The van der Waals surface area contributed by atoms with Gasteiger partial charge >= 0.3 is 6.36 Å². The van der Waals surface area contributed by atoms with Gasteiger partial charge in [-0.2, -0.15) is 5.10 Å². The zero-order valence-electron chi connectivity index (χ0n) is 17.0. The molecule has 2 amide bonds. The van der Waals surface area contributed by atoms with Gasteiger partial charge in [-0.3, -0.25) is 9.59 Å². The number of hydrogen-bond acceptors (Lipinski definition) is 4. The monoisotopic (exact) mass is 444 g/mol. The molecule has 1 saturated heterocycles. The zero-order chi connectivity index (χ0) is 22.9. The highest BCUT2D eigenvalue weighted by atomic mass is 19.4. The van der Waals surface area contributed by atoms with Crippen molar-refractivity contribution in [1.29, 1.82) is 0 Å². The Morgan fingerprint density at radius 3 is 2.56 bits per heavy atom. The lowest BCUT2D eigenvalue weighted by Crippen LogP contribution is -2.41. The summed E-state index contributed by atoms with van der Waals surface area (Å²) in [7, 11) is 0. The Hall–Kier alpha value is -3.82. The van der Waals surface area contributed by atoms with E-state index in [2.05, 4.69) is 15.2 Å². The van der Waals surface area contributed by atoms with E-state index in [0.29, 0.717) is 17.7 Å². The molecule has 166 valence electrons. The van der Waals surface area contributed by atoms with Crippen LogP contribution in [0, 0.1) is 6.92 Å². The second-order valence-corrected chi connectivity index (χ2v) is 7.24. The minimum absolute atomic E-state index is 0.251. The lowest BCUT2D eigenvalue weighted by atomic mass is 10.2. The zero-order valence-corrected chi connectivity index (χ0v) is 17.0. The molecule has 1 aliphatic heterocycles. The van der Waals surface area contributed by atoms with E-state index in [1.54, 1.807) is 11.6 Å². The molecule has 4 rings (SSSR count). The van der Waals surface area contributed by atoms with Gasteiger partial charge in [-0.15, -0.1) is 13.2 Å². The van der Waals surface area contributed by atoms with Crippen molar-refractivity contribution in [2.24, 2.45) is 0 Å². The number of ether oxygens (including phenoxy) is 1. The van der Waals surface area contributed by atoms with E-state index >= 15 is 0 Å². The number of alkyl halides is 3. The number of hydrogen-bond donors (Lipinski definition) is 1. The van der Waals surface area contributed by atoms with Gasteiger partial charge in [0.25, 0.3) is 5.91 Å². The molecule has 2 heterocycles. The lowest BCUT2D eigenvalue weighted by molar-refractivity contribution is -0.274. The Kier molecular flexibility index (Phi) is 5.60. The second-order valence-electron chi connectivity index (χ2n) is 7.24. The van der Waals surface area contributed by atoms with Crippen LogP contribution in [0.3, 0.4) is 0 Å². The smallest absolute Gasteiger partial charge is 0.406 e. The number of carbonyl (C=O) groups excluding carboxylic acids is 2. The van der Waals surface area contributed by atoms with Crippen LogP contribution in [-0.2, 0) is 4.79 Å². The predicted octanol–water partition coefficient (Wildman–Crippen LogP) is 3.61. The Bertz CT molecular complexity index is 1140. The molecule has 1 fully saturated rings. The van der Waals surface area contributed by atoms with Gasteiger partial charge in [0.15, 0.2) is 0 Å². The minimum atomic E-state index is -4.83. The van der Waals surface area contributed by atoms with Crippen molar-refractivity contribution in [3.8, 4) is 11.4 Å². The van der Waals surface area contributed by atoms with Crippen LogP contribution >= 0.6 is 0 Å². The summed E-state index contributed by atoms with van der Waals surface area (Å²) in [6, 6.07) is 13.7. The van der Waals surface area contributed by atoms with Gasteiger partial charge < -0.3 is 15.0 Å². The number of nitrogens with one attached hydrogen (secondary N) is 1. The topological polar surface area (TPSA) is 76.5 Å². The van der Waals surface area contributed by atoms with E-state index in [1.807, 2.05) is 30.3 Å². The molecule has 0 spiro atoms. The summed E-state index contributed by atoms with van der Waals surface area (Å²) in [6.07, 6.45) is -3.07. The summed E-state index contributed by atoms with van der Waals surface area (Å²) in [5, 5.41) is 6.97. The van der Waals surface area contributed by atoms with Crippen LogP contribution in [0.15, 0.2) is 60.8 Å². The van der Waals surface area contributed by atoms with Gasteiger partial charge in [0.05, 0.1) is 23.1 Å². The highest BCUT2D eigenvalue weighted by Gasteiger charge is 2.35. The maximum absolute atomic E-state index is 12.8. The summed E-state index contributed by atoms with van der Waals surface area (Å²) in [4.78, 5) is 26.9. The van der Waals surface area contributed by atoms with E-state index in [0.717, 1.165) is 17.8 Å². The van der Waals surface area contributed by atoms with Crippen LogP contribution in [0.1, 0.15) is 22.5 Å². The molecular formula is C22H19F3N4O3. The van der Waals surface area contributed by atoms with Gasteiger partial charge in [-0.05, 0) is 37.6 Å². The average Bonchev–Trinajstić information content (AvgIpc) is 3.30. The Morgan fingerprint density at radius 2 is 1.84 bits per heavy atom. The fraction of sp³-hybridized carbons (Fsp3) is 0.227. The number of benzene rings is 2. The summed E-state index contributed by atoms with van der Waals surface area (Å²) in [6.45, 7) is 2.01. The Labute approximate surface area is 181 Å². The van der Waals surface area contributed by atoms with Crippen molar-refractivity contribution < 1.29 is 27.5 Å². The largest absolute Gasteiger partial charge is 0.573 e. The molecule has 0 bridgehead atoms. The number of carbonyl (C=O) groups is 2. The third kappa shape index (κ3) is 4.43. The summed E-state index contributed by atoms with van der Waals surface area (Å²) < 4.78 is 43.0. The molecular weight excluding hydrogens is 425 g/mol. The first-order valence-electron chi connectivity index (χ1n) is 9.81. The van der Waals surface area contributed by atoms with E-state index < -0.39 is 30.0 Å². The summed E-state index contributed by atoms with van der Waals surface area (Å²) in [5.74, 6) is -1.27. The van der Waals surface area contributed by atoms with E-state index in [4.69, 9.17) is 0 Å². The fourth-order valence-electron chi connectivity index (χ4n) is 3.62. The molecule has 0 saturated carbocycles. The number of nitrogens with zero attached hydrogens (tertiary/aromatic N) is 3. The molecule has 1 N–H and O–H groups in total. The highest BCUT2D eigenvalue weighted by Crippen LogP contribution is 2.29. The quantitative estimate of drug-likeness (QED) is 0.652. The van der Waals surface area contributed by atoms with Gasteiger partial charge in [-0.25, -0.2) is 4.68 Å². The van der Waals surface area contributed by atoms with Crippen molar-refractivity contribution in [2.45, 2.75) is 25.7 Å². The van der Waals surface area contributed by atoms with Crippen LogP contribution in [0.4, 0.5) is 18.9 Å². The van der Waals surface area contributed by atoms with Crippen LogP contribution in [0.5, 0.6) is 5.75 Å². The Balaban J connectivity index is 1.46.